The van der Waals surface area contributed by atoms with Crippen molar-refractivity contribution in [1.29, 1.82) is 0 Å². The summed E-state index contributed by atoms with van der Waals surface area (Å²) in [5.41, 5.74) is 18.5. The van der Waals surface area contributed by atoms with E-state index in [2.05, 4.69) is 242 Å². The van der Waals surface area contributed by atoms with E-state index in [4.69, 9.17) is 4.42 Å². The molecule has 0 saturated carbocycles. The molecule has 0 bridgehead atoms. The van der Waals surface area contributed by atoms with Crippen LogP contribution in [-0.2, 0) is 5.41 Å². The molecular formula is C61H42N2O. The average Bonchev–Trinajstić information content (AvgIpc) is 3.96. The molecule has 0 fully saturated rings. The molecule has 12 aromatic rings. The highest BCUT2D eigenvalue weighted by molar-refractivity contribution is 6.27. The van der Waals surface area contributed by atoms with Crippen molar-refractivity contribution in [1.82, 2.24) is 4.57 Å². The van der Waals surface area contributed by atoms with Crippen LogP contribution in [0.1, 0.15) is 25.0 Å². The van der Waals surface area contributed by atoms with Gasteiger partial charge in [-0.2, -0.15) is 0 Å². The Morgan fingerprint density at radius 1 is 0.406 bits per heavy atom. The molecule has 1 aliphatic rings. The number of aromatic nitrogens is 1. The van der Waals surface area contributed by atoms with Gasteiger partial charge in [-0.05, 0) is 116 Å². The van der Waals surface area contributed by atoms with Crippen LogP contribution in [0.4, 0.5) is 17.1 Å². The summed E-state index contributed by atoms with van der Waals surface area (Å²) < 4.78 is 9.13. The maximum absolute atomic E-state index is 6.71. The third kappa shape index (κ3) is 5.47. The molecule has 2 heterocycles. The third-order valence-corrected chi connectivity index (χ3v) is 13.7. The second-order valence-electron chi connectivity index (χ2n) is 17.7. The van der Waals surface area contributed by atoms with Gasteiger partial charge in [0.2, 0.25) is 0 Å². The summed E-state index contributed by atoms with van der Waals surface area (Å²) in [4.78, 5) is 2.38. The Morgan fingerprint density at radius 2 is 1.06 bits per heavy atom. The van der Waals surface area contributed by atoms with E-state index in [0.717, 1.165) is 66.8 Å². The quantitative estimate of drug-likeness (QED) is 0.167. The zero-order valence-electron chi connectivity index (χ0n) is 35.6. The van der Waals surface area contributed by atoms with E-state index < -0.39 is 0 Å². The first-order valence-electron chi connectivity index (χ1n) is 22.2. The number of hydrogen-bond acceptors (Lipinski definition) is 2. The van der Waals surface area contributed by atoms with Crippen molar-refractivity contribution in [3.05, 3.63) is 230 Å². The second kappa shape index (κ2) is 13.9. The van der Waals surface area contributed by atoms with Crippen LogP contribution in [0.25, 0.3) is 93.6 Å². The lowest BCUT2D eigenvalue weighted by Crippen LogP contribution is -2.16. The van der Waals surface area contributed by atoms with Gasteiger partial charge >= 0.3 is 0 Å². The van der Waals surface area contributed by atoms with E-state index in [-0.39, 0.29) is 5.41 Å². The Bertz CT molecular complexity index is 3800. The number of fused-ring (bicyclic) bond motifs is 10. The summed E-state index contributed by atoms with van der Waals surface area (Å²) in [7, 11) is 0. The minimum absolute atomic E-state index is 0.0944. The van der Waals surface area contributed by atoms with E-state index in [1.54, 1.807) is 0 Å². The molecule has 13 rings (SSSR count). The van der Waals surface area contributed by atoms with Gasteiger partial charge < -0.3 is 13.9 Å². The van der Waals surface area contributed by atoms with E-state index >= 15 is 0 Å². The SMILES string of the molecule is CC1(C)c2ccccc2-c2ccc(N(c3ccccc3)c3ccc(-c4ccc5c6c(-c7ccc8ccccc8c7)c7c(cc6n(-c6ccccc6)c5c4)oc4ccccc47)cc3)cc21. The maximum Gasteiger partial charge on any atom is 0.138 e. The molecule has 0 saturated heterocycles. The van der Waals surface area contributed by atoms with E-state index in [0.29, 0.717) is 0 Å². The molecule has 0 spiro atoms. The van der Waals surface area contributed by atoms with Gasteiger partial charge in [-0.3, -0.25) is 0 Å². The fourth-order valence-corrected chi connectivity index (χ4v) is 10.7. The minimum atomic E-state index is -0.0944. The van der Waals surface area contributed by atoms with Gasteiger partial charge in [-0.25, -0.2) is 0 Å². The van der Waals surface area contributed by atoms with Gasteiger partial charge in [0.1, 0.15) is 11.2 Å². The molecule has 10 aromatic carbocycles. The number of hydrogen-bond donors (Lipinski definition) is 0. The number of rotatable bonds is 6. The average molecular weight is 819 g/mol. The van der Waals surface area contributed by atoms with Gasteiger partial charge in [-0.1, -0.05) is 159 Å². The lowest BCUT2D eigenvalue weighted by Gasteiger charge is -2.28. The number of anilines is 3. The zero-order valence-corrected chi connectivity index (χ0v) is 35.6. The molecule has 1 aliphatic carbocycles. The molecule has 2 aromatic heterocycles. The Morgan fingerprint density at radius 3 is 1.91 bits per heavy atom. The maximum atomic E-state index is 6.71. The van der Waals surface area contributed by atoms with Crippen molar-refractivity contribution in [2.24, 2.45) is 0 Å². The molecular weight excluding hydrogens is 777 g/mol. The monoisotopic (exact) mass is 818 g/mol. The molecule has 0 aliphatic heterocycles. The number of benzene rings is 10. The Labute approximate surface area is 371 Å². The van der Waals surface area contributed by atoms with Crippen LogP contribution in [-0.4, -0.2) is 4.57 Å². The largest absolute Gasteiger partial charge is 0.456 e. The molecule has 3 heteroatoms. The fourth-order valence-electron chi connectivity index (χ4n) is 10.7. The normalized spacial score (nSPS) is 13.0. The minimum Gasteiger partial charge on any atom is -0.456 e. The summed E-state index contributed by atoms with van der Waals surface area (Å²) in [5, 5.41) is 7.12. The highest BCUT2D eigenvalue weighted by Gasteiger charge is 2.35. The number of furan rings is 1. The van der Waals surface area contributed by atoms with Gasteiger partial charge in [0.25, 0.3) is 0 Å². The van der Waals surface area contributed by atoms with Crippen LogP contribution in [0, 0.1) is 0 Å². The van der Waals surface area contributed by atoms with Crippen molar-refractivity contribution in [3.63, 3.8) is 0 Å². The predicted molar refractivity (Wildman–Crippen MR) is 269 cm³/mol. The zero-order chi connectivity index (χ0) is 42.5. The molecule has 0 N–H and O–H groups in total. The van der Waals surface area contributed by atoms with Crippen molar-refractivity contribution in [2.75, 3.05) is 4.90 Å². The van der Waals surface area contributed by atoms with Gasteiger partial charge in [0, 0.05) is 61.3 Å². The van der Waals surface area contributed by atoms with E-state index in [9.17, 15) is 0 Å². The van der Waals surface area contributed by atoms with Crippen LogP contribution < -0.4 is 4.90 Å². The summed E-state index contributed by atoms with van der Waals surface area (Å²) in [5.74, 6) is 0. The Kier molecular flexibility index (Phi) is 7.95. The first kappa shape index (κ1) is 36.5. The van der Waals surface area contributed by atoms with Crippen LogP contribution in [0.3, 0.4) is 0 Å². The molecule has 0 radical (unpaired) electrons. The van der Waals surface area contributed by atoms with Crippen molar-refractivity contribution in [2.45, 2.75) is 19.3 Å². The van der Waals surface area contributed by atoms with E-state index in [1.165, 1.54) is 54.9 Å². The van der Waals surface area contributed by atoms with Gasteiger partial charge in [0.15, 0.2) is 0 Å². The molecule has 3 nitrogen and oxygen atoms in total. The smallest absolute Gasteiger partial charge is 0.138 e. The highest BCUT2D eigenvalue weighted by Crippen LogP contribution is 2.51. The Hall–Kier alpha value is -8.14. The topological polar surface area (TPSA) is 21.3 Å². The molecule has 0 atom stereocenters. The first-order chi connectivity index (χ1) is 31.5. The summed E-state index contributed by atoms with van der Waals surface area (Å²) in [6.45, 7) is 4.70. The molecule has 0 unspecified atom stereocenters. The van der Waals surface area contributed by atoms with Crippen LogP contribution >= 0.6 is 0 Å². The molecule has 302 valence electrons. The van der Waals surface area contributed by atoms with Crippen molar-refractivity contribution < 1.29 is 4.42 Å². The van der Waals surface area contributed by atoms with Crippen LogP contribution in [0.5, 0.6) is 0 Å². The predicted octanol–water partition coefficient (Wildman–Crippen LogP) is 16.9. The number of para-hydroxylation sites is 3. The first-order valence-corrected chi connectivity index (χ1v) is 22.2. The van der Waals surface area contributed by atoms with Crippen LogP contribution in [0.15, 0.2) is 223 Å². The lowest BCUT2D eigenvalue weighted by atomic mass is 9.82. The van der Waals surface area contributed by atoms with Gasteiger partial charge in [0.05, 0.1) is 11.0 Å². The number of nitrogens with zero attached hydrogens (tertiary/aromatic N) is 2. The fraction of sp³-hybridized carbons (Fsp3) is 0.0492. The molecule has 0 amide bonds. The summed E-state index contributed by atoms with van der Waals surface area (Å²) in [6.07, 6.45) is 0. The summed E-state index contributed by atoms with van der Waals surface area (Å²) >= 11 is 0. The molecule has 64 heavy (non-hydrogen) atoms. The highest BCUT2D eigenvalue weighted by atomic mass is 16.3. The van der Waals surface area contributed by atoms with Gasteiger partial charge in [-0.15, -0.1) is 0 Å². The Balaban J connectivity index is 0.990. The van der Waals surface area contributed by atoms with Crippen molar-refractivity contribution >= 4 is 71.6 Å². The van der Waals surface area contributed by atoms with Crippen LogP contribution in [0.2, 0.25) is 0 Å². The second-order valence-corrected chi connectivity index (χ2v) is 17.7. The van der Waals surface area contributed by atoms with E-state index in [1.807, 2.05) is 0 Å². The standard InChI is InChI=1S/C61H42N2O/c1-61(2)52-23-13-11-21-48(52)49-34-32-47(37-53(49)61)62(44-17-5-3-6-18-44)46-30-27-40(28-31-46)42-29-33-50-54(36-42)63(45-19-7-4-8-20-45)55-38-57-60(51-22-12-14-24-56(51)64-57)58(59(50)55)43-26-25-39-15-9-10-16-41(39)35-43/h3-38H,1-2H3. The van der Waals surface area contributed by atoms with Crippen molar-refractivity contribution in [3.8, 4) is 39.1 Å². The third-order valence-electron chi connectivity index (χ3n) is 13.7. The summed E-state index contributed by atoms with van der Waals surface area (Å²) in [6, 6.07) is 79.6. The lowest BCUT2D eigenvalue weighted by molar-refractivity contribution is 0.660.